The van der Waals surface area contributed by atoms with Gasteiger partial charge in [0.2, 0.25) is 15.9 Å². The van der Waals surface area contributed by atoms with Gasteiger partial charge < -0.3 is 10.0 Å². The molecule has 0 atom stereocenters. The fraction of sp³-hybridized carbons (Fsp3) is 0.556. The summed E-state index contributed by atoms with van der Waals surface area (Å²) in [5, 5.41) is 9.03. The summed E-state index contributed by atoms with van der Waals surface area (Å²) in [6, 6.07) is 4.03. The fourth-order valence-corrected chi connectivity index (χ4v) is 4.83. The second-order valence-electron chi connectivity index (χ2n) is 6.53. The monoisotopic (exact) mass is 397 g/mol. The molecule has 1 aliphatic heterocycles. The minimum absolute atomic E-state index is 0.0522. The molecule has 0 aromatic heterocycles. The van der Waals surface area contributed by atoms with E-state index in [2.05, 4.69) is 0 Å². The van der Waals surface area contributed by atoms with E-state index in [-0.39, 0.29) is 16.4 Å². The third-order valence-electron chi connectivity index (χ3n) is 4.85. The van der Waals surface area contributed by atoms with Crippen LogP contribution >= 0.6 is 0 Å². The Morgan fingerprint density at radius 3 is 2.19 bits per heavy atom. The van der Waals surface area contributed by atoms with E-state index in [0.717, 1.165) is 0 Å². The average Bonchev–Trinajstić information content (AvgIpc) is 2.62. The zero-order valence-corrected chi connectivity index (χ0v) is 16.8. The van der Waals surface area contributed by atoms with E-state index in [9.17, 15) is 18.0 Å². The van der Waals surface area contributed by atoms with Gasteiger partial charge in [0.1, 0.15) is 0 Å². The number of aryl methyl sites for hydroxylation is 1. The lowest BCUT2D eigenvalue weighted by Gasteiger charge is -2.34. The molecular weight excluding hydrogens is 370 g/mol. The lowest BCUT2D eigenvalue weighted by Crippen LogP contribution is -2.51. The van der Waals surface area contributed by atoms with Crippen molar-refractivity contribution < 1.29 is 23.1 Å². The van der Waals surface area contributed by atoms with Crippen LogP contribution in [0.5, 0.6) is 0 Å². The Kier molecular flexibility index (Phi) is 6.96. The van der Waals surface area contributed by atoms with Gasteiger partial charge in [-0.05, 0) is 44.5 Å². The van der Waals surface area contributed by atoms with Gasteiger partial charge >= 0.3 is 5.97 Å². The molecule has 0 spiro atoms. The smallest absolute Gasteiger partial charge is 0.335 e. The summed E-state index contributed by atoms with van der Waals surface area (Å²) >= 11 is 0. The van der Waals surface area contributed by atoms with Gasteiger partial charge in [0, 0.05) is 39.3 Å². The van der Waals surface area contributed by atoms with E-state index in [1.54, 1.807) is 11.8 Å². The van der Waals surface area contributed by atoms with Gasteiger partial charge in [0.25, 0.3) is 0 Å². The number of aromatic carboxylic acids is 1. The second-order valence-corrected chi connectivity index (χ2v) is 8.44. The highest BCUT2D eigenvalue weighted by molar-refractivity contribution is 7.89. The molecule has 1 N–H and O–H groups in total. The Hall–Kier alpha value is -1.97. The van der Waals surface area contributed by atoms with E-state index in [0.29, 0.717) is 51.4 Å². The van der Waals surface area contributed by atoms with Crippen molar-refractivity contribution in [2.24, 2.45) is 0 Å². The molecule has 1 aromatic carbocycles. The Morgan fingerprint density at radius 1 is 1.11 bits per heavy atom. The van der Waals surface area contributed by atoms with Crippen LogP contribution in [0.15, 0.2) is 23.1 Å². The Labute approximate surface area is 160 Å². The second kappa shape index (κ2) is 8.81. The summed E-state index contributed by atoms with van der Waals surface area (Å²) in [7, 11) is -3.69. The van der Waals surface area contributed by atoms with Crippen molar-refractivity contribution in [2.75, 3.05) is 45.8 Å². The highest BCUT2D eigenvalue weighted by Crippen LogP contribution is 2.22. The number of hydrogen-bond donors (Lipinski definition) is 1. The molecule has 2 rings (SSSR count). The predicted molar refractivity (Wildman–Crippen MR) is 101 cm³/mol. The van der Waals surface area contributed by atoms with Gasteiger partial charge in [-0.15, -0.1) is 0 Å². The molecule has 1 aromatic rings. The Morgan fingerprint density at radius 2 is 1.70 bits per heavy atom. The molecule has 0 unspecified atom stereocenters. The summed E-state index contributed by atoms with van der Waals surface area (Å²) in [6.07, 6.45) is 0. The highest BCUT2D eigenvalue weighted by atomic mass is 32.2. The van der Waals surface area contributed by atoms with Crippen molar-refractivity contribution in [3.63, 3.8) is 0 Å². The van der Waals surface area contributed by atoms with Gasteiger partial charge in [-0.25, -0.2) is 13.2 Å². The topological polar surface area (TPSA) is 98.2 Å². The van der Waals surface area contributed by atoms with E-state index >= 15 is 0 Å². The van der Waals surface area contributed by atoms with E-state index in [1.165, 1.54) is 22.5 Å². The summed E-state index contributed by atoms with van der Waals surface area (Å²) in [4.78, 5) is 27.1. The third-order valence-corrected chi connectivity index (χ3v) is 6.90. The van der Waals surface area contributed by atoms with Crippen LogP contribution in [-0.2, 0) is 14.8 Å². The highest BCUT2D eigenvalue weighted by Gasteiger charge is 2.30. The third kappa shape index (κ3) is 4.85. The van der Waals surface area contributed by atoms with Gasteiger partial charge in [-0.3, -0.25) is 9.69 Å². The van der Waals surface area contributed by atoms with Crippen LogP contribution in [0.25, 0.3) is 0 Å². The number of carboxylic acid groups (broad SMARTS) is 1. The van der Waals surface area contributed by atoms with Crippen molar-refractivity contribution in [3.05, 3.63) is 29.3 Å². The maximum Gasteiger partial charge on any atom is 0.335 e. The number of likely N-dealkylation sites (N-methyl/N-ethyl adjacent to an activating group) is 1. The van der Waals surface area contributed by atoms with Crippen LogP contribution in [0.3, 0.4) is 0 Å². The van der Waals surface area contributed by atoms with E-state index in [1.807, 2.05) is 18.7 Å². The van der Waals surface area contributed by atoms with E-state index in [4.69, 9.17) is 5.11 Å². The first kappa shape index (κ1) is 21.3. The number of carbonyl (C=O) groups excluding carboxylic acids is 1. The van der Waals surface area contributed by atoms with Gasteiger partial charge in [0.05, 0.1) is 17.0 Å². The molecule has 150 valence electrons. The van der Waals surface area contributed by atoms with Crippen LogP contribution in [0.1, 0.15) is 29.8 Å². The molecule has 27 heavy (non-hydrogen) atoms. The lowest BCUT2D eigenvalue weighted by atomic mass is 10.1. The Balaban J connectivity index is 2.04. The van der Waals surface area contributed by atoms with Crippen LogP contribution in [0, 0.1) is 6.92 Å². The quantitative estimate of drug-likeness (QED) is 0.733. The van der Waals surface area contributed by atoms with Crippen LogP contribution in [0.2, 0.25) is 0 Å². The number of piperazine rings is 1. The predicted octanol–water partition coefficient (Wildman–Crippen LogP) is 0.868. The molecule has 1 heterocycles. The molecule has 8 nitrogen and oxygen atoms in total. The number of rotatable bonds is 7. The van der Waals surface area contributed by atoms with Crippen LogP contribution in [0.4, 0.5) is 0 Å². The molecule has 0 saturated carbocycles. The molecule has 9 heteroatoms. The summed E-state index contributed by atoms with van der Waals surface area (Å²) in [6.45, 7) is 8.65. The largest absolute Gasteiger partial charge is 0.478 e. The zero-order valence-electron chi connectivity index (χ0n) is 16.0. The minimum atomic E-state index is -3.69. The normalized spacial score (nSPS) is 16.3. The molecule has 0 aliphatic carbocycles. The first-order chi connectivity index (χ1) is 12.7. The number of carboxylic acids is 1. The molecule has 1 amide bonds. The van der Waals surface area contributed by atoms with Crippen LogP contribution < -0.4 is 0 Å². The SMILES string of the molecule is CCN(CC)C(=O)CN1CCN(S(=O)(=O)c2ccc(C(=O)O)cc2C)CC1. The van der Waals surface area contributed by atoms with Crippen molar-refractivity contribution in [1.82, 2.24) is 14.1 Å². The first-order valence-electron chi connectivity index (χ1n) is 9.04. The zero-order chi connectivity index (χ0) is 20.2. The average molecular weight is 397 g/mol. The first-order valence-corrected chi connectivity index (χ1v) is 10.5. The summed E-state index contributed by atoms with van der Waals surface area (Å²) in [5.74, 6) is -1.04. The molecule has 0 bridgehead atoms. The molecule has 1 aliphatic rings. The number of carbonyl (C=O) groups is 2. The number of amides is 1. The number of hydrogen-bond acceptors (Lipinski definition) is 5. The number of sulfonamides is 1. The molecule has 1 saturated heterocycles. The maximum atomic E-state index is 12.9. The van der Waals surface area contributed by atoms with Crippen molar-refractivity contribution >= 4 is 21.9 Å². The fourth-order valence-electron chi connectivity index (χ4n) is 3.21. The number of nitrogens with zero attached hydrogens (tertiary/aromatic N) is 3. The van der Waals surface area contributed by atoms with Gasteiger partial charge in [-0.2, -0.15) is 4.31 Å². The van der Waals surface area contributed by atoms with E-state index < -0.39 is 16.0 Å². The van der Waals surface area contributed by atoms with Crippen molar-refractivity contribution in [1.29, 1.82) is 0 Å². The summed E-state index contributed by atoms with van der Waals surface area (Å²) < 4.78 is 27.2. The lowest BCUT2D eigenvalue weighted by molar-refractivity contribution is -0.132. The number of benzene rings is 1. The van der Waals surface area contributed by atoms with Gasteiger partial charge in [0.15, 0.2) is 0 Å². The molecule has 0 radical (unpaired) electrons. The Bertz CT molecular complexity index is 797. The summed E-state index contributed by atoms with van der Waals surface area (Å²) in [5.41, 5.74) is 0.472. The standard InChI is InChI=1S/C18H27N3O5S/c1-4-20(5-2)17(22)13-19-8-10-21(11-9-19)27(25,26)16-7-6-15(18(23)24)12-14(16)3/h6-7,12H,4-5,8-11,13H2,1-3H3,(H,23,24). The van der Waals surface area contributed by atoms with Gasteiger partial charge in [-0.1, -0.05) is 0 Å². The molecule has 1 fully saturated rings. The van der Waals surface area contributed by atoms with Crippen molar-refractivity contribution in [2.45, 2.75) is 25.7 Å². The van der Waals surface area contributed by atoms with Crippen LogP contribution in [-0.4, -0.2) is 85.3 Å². The van der Waals surface area contributed by atoms with Crippen molar-refractivity contribution in [3.8, 4) is 0 Å². The molecular formula is C18H27N3O5S. The maximum absolute atomic E-state index is 12.9. The minimum Gasteiger partial charge on any atom is -0.478 e.